The molecule has 0 spiro atoms. The van der Waals surface area contributed by atoms with Gasteiger partial charge >= 0.3 is 0 Å². The van der Waals surface area contributed by atoms with Crippen molar-refractivity contribution >= 4 is 0 Å². The molecule has 78 valence electrons. The van der Waals surface area contributed by atoms with Crippen molar-refractivity contribution in [2.45, 2.75) is 46.5 Å². The van der Waals surface area contributed by atoms with Gasteiger partial charge in [-0.15, -0.1) is 0 Å². The average molecular weight is 183 g/mol. The van der Waals surface area contributed by atoms with Crippen LogP contribution in [0.15, 0.2) is 12.2 Å². The van der Waals surface area contributed by atoms with E-state index in [-0.39, 0.29) is 0 Å². The molecule has 0 bridgehead atoms. The lowest BCUT2D eigenvalue weighted by Crippen LogP contribution is -2.23. The van der Waals surface area contributed by atoms with E-state index in [1.165, 1.54) is 31.3 Å². The predicted octanol–water partition coefficient (Wildman–Crippen LogP) is 3.37. The number of hydrogen-bond donors (Lipinski definition) is 1. The van der Waals surface area contributed by atoms with Crippen molar-refractivity contribution in [3.63, 3.8) is 0 Å². The molecule has 0 saturated heterocycles. The number of nitrogens with one attached hydrogen (secondary N) is 1. The zero-order valence-electron chi connectivity index (χ0n) is 9.53. The molecule has 0 aliphatic carbocycles. The first kappa shape index (κ1) is 12.7. The van der Waals surface area contributed by atoms with Crippen molar-refractivity contribution in [3.05, 3.63) is 12.2 Å². The second-order valence-electron chi connectivity index (χ2n) is 4.00. The van der Waals surface area contributed by atoms with Gasteiger partial charge in [-0.1, -0.05) is 45.3 Å². The van der Waals surface area contributed by atoms with Gasteiger partial charge in [0.2, 0.25) is 0 Å². The normalized spacial score (nSPS) is 12.8. The fourth-order valence-corrected chi connectivity index (χ4v) is 1.43. The van der Waals surface area contributed by atoms with E-state index in [0.29, 0.717) is 0 Å². The first-order chi connectivity index (χ1) is 6.20. The summed E-state index contributed by atoms with van der Waals surface area (Å²) in [6.45, 7) is 12.6. The lowest BCUT2D eigenvalue weighted by Gasteiger charge is -2.15. The molecular weight excluding hydrogens is 158 g/mol. The van der Waals surface area contributed by atoms with E-state index < -0.39 is 0 Å². The molecule has 0 aromatic carbocycles. The van der Waals surface area contributed by atoms with Crippen LogP contribution in [-0.2, 0) is 0 Å². The third kappa shape index (κ3) is 8.04. The Morgan fingerprint density at radius 3 is 2.54 bits per heavy atom. The van der Waals surface area contributed by atoms with E-state index in [1.54, 1.807) is 0 Å². The highest BCUT2D eigenvalue weighted by atomic mass is 14.9. The third-order valence-corrected chi connectivity index (χ3v) is 2.40. The van der Waals surface area contributed by atoms with Crippen LogP contribution in [0.4, 0.5) is 0 Å². The molecule has 1 atom stereocenters. The molecule has 0 aromatic heterocycles. The molecule has 0 heterocycles. The number of hydrogen-bond acceptors (Lipinski definition) is 1. The first-order valence-corrected chi connectivity index (χ1v) is 5.55. The molecule has 0 rings (SSSR count). The van der Waals surface area contributed by atoms with Crippen LogP contribution in [0.5, 0.6) is 0 Å². The maximum atomic E-state index is 3.88. The molecule has 0 fully saturated rings. The van der Waals surface area contributed by atoms with E-state index in [9.17, 15) is 0 Å². The van der Waals surface area contributed by atoms with Crippen LogP contribution in [0.2, 0.25) is 0 Å². The fourth-order valence-electron chi connectivity index (χ4n) is 1.43. The molecule has 0 aliphatic rings. The molecule has 1 nitrogen and oxygen atoms in total. The highest BCUT2D eigenvalue weighted by molar-refractivity contribution is 4.90. The largest absolute Gasteiger partial charge is 0.313 e. The fraction of sp³-hybridized carbons (Fsp3) is 0.833. The van der Waals surface area contributed by atoms with E-state index in [4.69, 9.17) is 0 Å². The monoisotopic (exact) mass is 183 g/mol. The Bertz CT molecular complexity index is 129. The molecule has 1 heteroatoms. The van der Waals surface area contributed by atoms with Crippen LogP contribution in [0.25, 0.3) is 0 Å². The van der Waals surface area contributed by atoms with Crippen LogP contribution >= 0.6 is 0 Å². The quantitative estimate of drug-likeness (QED) is 0.569. The highest BCUT2D eigenvalue weighted by Crippen LogP contribution is 2.10. The lowest BCUT2D eigenvalue weighted by atomic mass is 9.99. The van der Waals surface area contributed by atoms with Gasteiger partial charge in [-0.25, -0.2) is 0 Å². The minimum Gasteiger partial charge on any atom is -0.313 e. The van der Waals surface area contributed by atoms with Crippen LogP contribution in [0.1, 0.15) is 46.5 Å². The molecule has 13 heavy (non-hydrogen) atoms. The smallest absolute Gasteiger partial charge is 0.0159 e. The Hall–Kier alpha value is -0.300. The summed E-state index contributed by atoms with van der Waals surface area (Å²) < 4.78 is 0. The summed E-state index contributed by atoms with van der Waals surface area (Å²) in [5.41, 5.74) is 1.23. The third-order valence-electron chi connectivity index (χ3n) is 2.40. The molecule has 0 aliphatic heterocycles. The van der Waals surface area contributed by atoms with Crippen LogP contribution in [0, 0.1) is 5.92 Å². The summed E-state index contributed by atoms with van der Waals surface area (Å²) in [5, 5.41) is 3.45. The molecule has 1 unspecified atom stereocenters. The van der Waals surface area contributed by atoms with Gasteiger partial charge < -0.3 is 5.32 Å². The Morgan fingerprint density at radius 1 is 1.38 bits per heavy atom. The molecule has 0 amide bonds. The van der Waals surface area contributed by atoms with Gasteiger partial charge in [-0.3, -0.25) is 0 Å². The minimum absolute atomic E-state index is 0.860. The van der Waals surface area contributed by atoms with Crippen molar-refractivity contribution in [3.8, 4) is 0 Å². The summed E-state index contributed by atoms with van der Waals surface area (Å²) in [4.78, 5) is 0. The van der Waals surface area contributed by atoms with Gasteiger partial charge in [0.15, 0.2) is 0 Å². The van der Waals surface area contributed by atoms with E-state index in [0.717, 1.165) is 19.0 Å². The molecule has 0 aromatic rings. The predicted molar refractivity (Wildman–Crippen MR) is 61.0 cm³/mol. The van der Waals surface area contributed by atoms with Gasteiger partial charge in [0.25, 0.3) is 0 Å². The Morgan fingerprint density at radius 2 is 2.08 bits per heavy atom. The zero-order chi connectivity index (χ0) is 10.1. The summed E-state index contributed by atoms with van der Waals surface area (Å²) >= 11 is 0. The SMILES string of the molecule is C=C(C)CNCC(CC)CCCC. The lowest BCUT2D eigenvalue weighted by molar-refractivity contribution is 0.426. The standard InChI is InChI=1S/C12H25N/c1-5-7-8-12(6-2)10-13-9-11(3)4/h12-13H,3,5-10H2,1-2,4H3. The van der Waals surface area contributed by atoms with Crippen LogP contribution in [-0.4, -0.2) is 13.1 Å². The van der Waals surface area contributed by atoms with Crippen molar-refractivity contribution in [1.82, 2.24) is 5.32 Å². The Labute approximate surface area is 83.6 Å². The summed E-state index contributed by atoms with van der Waals surface area (Å²) in [5.74, 6) is 0.860. The Balaban J connectivity index is 3.41. The van der Waals surface area contributed by atoms with Gasteiger partial charge in [0.1, 0.15) is 0 Å². The van der Waals surface area contributed by atoms with Gasteiger partial charge in [0, 0.05) is 6.54 Å². The first-order valence-electron chi connectivity index (χ1n) is 5.55. The molecule has 0 saturated carbocycles. The van der Waals surface area contributed by atoms with Gasteiger partial charge in [0.05, 0.1) is 0 Å². The summed E-state index contributed by atoms with van der Waals surface area (Å²) in [6.07, 6.45) is 5.35. The van der Waals surface area contributed by atoms with Gasteiger partial charge in [-0.2, -0.15) is 0 Å². The number of rotatable bonds is 8. The van der Waals surface area contributed by atoms with Gasteiger partial charge in [-0.05, 0) is 25.8 Å². The zero-order valence-corrected chi connectivity index (χ0v) is 9.53. The summed E-state index contributed by atoms with van der Waals surface area (Å²) in [7, 11) is 0. The Kier molecular flexibility index (Phi) is 8.11. The van der Waals surface area contributed by atoms with Crippen molar-refractivity contribution in [2.75, 3.05) is 13.1 Å². The van der Waals surface area contributed by atoms with Crippen molar-refractivity contribution in [2.24, 2.45) is 5.92 Å². The van der Waals surface area contributed by atoms with Crippen LogP contribution < -0.4 is 5.32 Å². The highest BCUT2D eigenvalue weighted by Gasteiger charge is 2.04. The number of unbranched alkanes of at least 4 members (excludes halogenated alkanes) is 1. The minimum atomic E-state index is 0.860. The van der Waals surface area contributed by atoms with Crippen molar-refractivity contribution in [1.29, 1.82) is 0 Å². The maximum Gasteiger partial charge on any atom is 0.0159 e. The maximum absolute atomic E-state index is 3.88. The van der Waals surface area contributed by atoms with Crippen LogP contribution in [0.3, 0.4) is 0 Å². The van der Waals surface area contributed by atoms with E-state index in [2.05, 4.69) is 32.7 Å². The molecule has 1 N–H and O–H groups in total. The van der Waals surface area contributed by atoms with E-state index >= 15 is 0 Å². The second kappa shape index (κ2) is 8.31. The summed E-state index contributed by atoms with van der Waals surface area (Å²) in [6, 6.07) is 0. The van der Waals surface area contributed by atoms with E-state index in [1.807, 2.05) is 0 Å². The molecule has 0 radical (unpaired) electrons. The topological polar surface area (TPSA) is 12.0 Å². The second-order valence-corrected chi connectivity index (χ2v) is 4.00. The molecular formula is C12H25N. The average Bonchev–Trinajstić information content (AvgIpc) is 2.10. The van der Waals surface area contributed by atoms with Crippen molar-refractivity contribution < 1.29 is 0 Å².